The van der Waals surface area contributed by atoms with Crippen molar-refractivity contribution in [2.45, 2.75) is 72.2 Å². The maximum Gasteiger partial charge on any atom is 0.155 e. The average molecular weight is 358 g/mol. The molecule has 0 bridgehead atoms. The zero-order valence-electron chi connectivity index (χ0n) is 12.1. The van der Waals surface area contributed by atoms with Gasteiger partial charge in [-0.05, 0) is 0 Å². The molecule has 0 aromatic heterocycles. The summed E-state index contributed by atoms with van der Waals surface area (Å²) in [4.78, 5) is 0. The molecule has 0 saturated heterocycles. The van der Waals surface area contributed by atoms with Crippen LogP contribution >= 0.6 is 0 Å². The summed E-state index contributed by atoms with van der Waals surface area (Å²) in [6, 6.07) is 0. The highest BCUT2D eigenvalue weighted by Crippen LogP contribution is 2.45. The number of rotatable bonds is 1. The van der Waals surface area contributed by atoms with Gasteiger partial charge in [0.15, 0.2) is 11.2 Å². The van der Waals surface area contributed by atoms with E-state index in [1.165, 1.54) is 0 Å². The lowest BCUT2D eigenvalue weighted by molar-refractivity contribution is -0.378. The topological polar surface area (TPSA) is 243 Å². The summed E-state index contributed by atoms with van der Waals surface area (Å²) in [7, 11) is 0. The standard InChI is InChI=1S/C12H22O12/c13-1-3(15)7(19)11(23,8(20)4(1)16)12(24)9(21)5(17)2(14)6(18)10(12)22/h1-10,13-24H/t1?,2?,3-,4-,5-,6+,7-,8+,9+,10+,11?,12?/m0/s1. The Labute approximate surface area is 134 Å². The van der Waals surface area contributed by atoms with E-state index >= 15 is 0 Å². The van der Waals surface area contributed by atoms with Gasteiger partial charge in [0.2, 0.25) is 0 Å². The van der Waals surface area contributed by atoms with Crippen molar-refractivity contribution in [2.24, 2.45) is 0 Å². The molecule has 12 atom stereocenters. The van der Waals surface area contributed by atoms with Gasteiger partial charge in [-0.15, -0.1) is 0 Å². The number of hydrogen-bond donors (Lipinski definition) is 12. The minimum absolute atomic E-state index is 2.16. The molecule has 0 heterocycles. The van der Waals surface area contributed by atoms with Crippen molar-refractivity contribution in [3.05, 3.63) is 0 Å². The Morgan fingerprint density at radius 3 is 0.667 bits per heavy atom. The summed E-state index contributed by atoms with van der Waals surface area (Å²) in [6.45, 7) is 0. The van der Waals surface area contributed by atoms with Crippen molar-refractivity contribution in [2.75, 3.05) is 0 Å². The molecule has 12 nitrogen and oxygen atoms in total. The summed E-state index contributed by atoms with van der Waals surface area (Å²) >= 11 is 0. The second-order valence-electron chi connectivity index (χ2n) is 6.37. The van der Waals surface area contributed by atoms with Gasteiger partial charge in [-0.25, -0.2) is 0 Å². The Hall–Kier alpha value is -0.480. The third kappa shape index (κ3) is 2.18. The fraction of sp³-hybridized carbons (Fsp3) is 1.00. The molecule has 0 aliphatic heterocycles. The van der Waals surface area contributed by atoms with Crippen LogP contribution in [-0.4, -0.2) is 134 Å². The summed E-state index contributed by atoms with van der Waals surface area (Å²) < 4.78 is 0. The molecule has 0 spiro atoms. The van der Waals surface area contributed by atoms with Gasteiger partial charge in [0, 0.05) is 0 Å². The van der Waals surface area contributed by atoms with Crippen LogP contribution in [-0.2, 0) is 0 Å². The van der Waals surface area contributed by atoms with Gasteiger partial charge in [0.25, 0.3) is 0 Å². The first-order valence-corrected chi connectivity index (χ1v) is 7.10. The van der Waals surface area contributed by atoms with Crippen LogP contribution in [0.15, 0.2) is 0 Å². The highest BCUT2D eigenvalue weighted by molar-refractivity contribution is 5.25. The maximum atomic E-state index is 10.6. The molecule has 12 heteroatoms. The molecule has 4 unspecified atom stereocenters. The number of aliphatic hydroxyl groups excluding tert-OH is 10. The van der Waals surface area contributed by atoms with E-state index in [0.29, 0.717) is 0 Å². The van der Waals surface area contributed by atoms with E-state index in [4.69, 9.17) is 0 Å². The molecule has 2 fully saturated rings. The lowest BCUT2D eigenvalue weighted by Crippen LogP contribution is -2.87. The van der Waals surface area contributed by atoms with Crippen molar-refractivity contribution in [3.8, 4) is 0 Å². The van der Waals surface area contributed by atoms with Crippen molar-refractivity contribution in [3.63, 3.8) is 0 Å². The van der Waals surface area contributed by atoms with E-state index in [0.717, 1.165) is 0 Å². The fourth-order valence-corrected chi connectivity index (χ4v) is 3.49. The predicted molar refractivity (Wildman–Crippen MR) is 70.0 cm³/mol. The summed E-state index contributed by atoms with van der Waals surface area (Å²) in [5.74, 6) is 0. The molecule has 0 amide bonds. The Morgan fingerprint density at radius 2 is 0.500 bits per heavy atom. The molecule has 12 N–H and O–H groups in total. The van der Waals surface area contributed by atoms with E-state index in [9.17, 15) is 61.3 Å². The zero-order chi connectivity index (χ0) is 18.8. The predicted octanol–water partition coefficient (Wildman–Crippen LogP) is -7.92. The van der Waals surface area contributed by atoms with Crippen LogP contribution < -0.4 is 0 Å². The highest BCUT2D eigenvalue weighted by Gasteiger charge is 2.74. The highest BCUT2D eigenvalue weighted by atomic mass is 16.5. The van der Waals surface area contributed by atoms with Crippen LogP contribution in [0.4, 0.5) is 0 Å². The van der Waals surface area contributed by atoms with Crippen LogP contribution in [0.1, 0.15) is 0 Å². The van der Waals surface area contributed by atoms with E-state index in [-0.39, 0.29) is 0 Å². The zero-order valence-corrected chi connectivity index (χ0v) is 12.1. The number of aliphatic hydroxyl groups is 12. The second-order valence-corrected chi connectivity index (χ2v) is 6.37. The Bertz CT molecular complexity index is 399. The van der Waals surface area contributed by atoms with Gasteiger partial charge in [0.1, 0.15) is 61.0 Å². The van der Waals surface area contributed by atoms with Crippen LogP contribution in [0.3, 0.4) is 0 Å². The van der Waals surface area contributed by atoms with Crippen LogP contribution in [0.5, 0.6) is 0 Å². The van der Waals surface area contributed by atoms with Gasteiger partial charge >= 0.3 is 0 Å². The Kier molecular flexibility index (Phi) is 5.00. The molecule has 2 saturated carbocycles. The summed E-state index contributed by atoms with van der Waals surface area (Å²) in [5.41, 5.74) is -7.02. The molecule has 2 rings (SSSR count). The smallest absolute Gasteiger partial charge is 0.155 e. The van der Waals surface area contributed by atoms with Crippen LogP contribution in [0, 0.1) is 0 Å². The molecular weight excluding hydrogens is 336 g/mol. The van der Waals surface area contributed by atoms with Gasteiger partial charge in [0.05, 0.1) is 0 Å². The van der Waals surface area contributed by atoms with E-state index < -0.39 is 72.2 Å². The van der Waals surface area contributed by atoms with Crippen molar-refractivity contribution >= 4 is 0 Å². The molecule has 2 aliphatic carbocycles. The quantitative estimate of drug-likeness (QED) is 0.209. The molecule has 142 valence electrons. The van der Waals surface area contributed by atoms with E-state index in [1.54, 1.807) is 0 Å². The van der Waals surface area contributed by atoms with Gasteiger partial charge < -0.3 is 61.3 Å². The van der Waals surface area contributed by atoms with Crippen molar-refractivity contribution < 1.29 is 61.3 Å². The molecule has 2 aliphatic rings. The Balaban J connectivity index is 2.60. The first-order chi connectivity index (χ1) is 10.8. The Morgan fingerprint density at radius 1 is 0.333 bits per heavy atom. The molecular formula is C12H22O12. The largest absolute Gasteiger partial charge is 0.387 e. The monoisotopic (exact) mass is 358 g/mol. The SMILES string of the molecule is OC1[C@@H](O)[C@@H](O)C(O)(C2(O)[C@H](O)[C@@H](O)C(O)[C@H](O)[C@@H]2O)[C@H](O)[C@H]1O. The van der Waals surface area contributed by atoms with E-state index in [1.807, 2.05) is 0 Å². The van der Waals surface area contributed by atoms with Crippen molar-refractivity contribution in [1.29, 1.82) is 0 Å². The van der Waals surface area contributed by atoms with Crippen LogP contribution in [0.2, 0.25) is 0 Å². The molecule has 0 aromatic rings. The third-order valence-electron chi connectivity index (χ3n) is 5.14. The first kappa shape index (κ1) is 19.8. The minimum Gasteiger partial charge on any atom is -0.387 e. The maximum absolute atomic E-state index is 10.6. The van der Waals surface area contributed by atoms with Gasteiger partial charge in [-0.2, -0.15) is 0 Å². The van der Waals surface area contributed by atoms with E-state index in [2.05, 4.69) is 0 Å². The van der Waals surface area contributed by atoms with Gasteiger partial charge in [-0.1, -0.05) is 0 Å². The average Bonchev–Trinajstić information content (AvgIpc) is 2.57. The molecule has 0 aromatic carbocycles. The first-order valence-electron chi connectivity index (χ1n) is 7.10. The van der Waals surface area contributed by atoms with Crippen LogP contribution in [0.25, 0.3) is 0 Å². The van der Waals surface area contributed by atoms with Gasteiger partial charge in [-0.3, -0.25) is 0 Å². The minimum atomic E-state index is -3.51. The fourth-order valence-electron chi connectivity index (χ4n) is 3.49. The summed E-state index contributed by atoms with van der Waals surface area (Å²) in [6.07, 6.45) is -24.2. The lowest BCUT2D eigenvalue weighted by atomic mass is 9.58. The second kappa shape index (κ2) is 6.05. The molecule has 24 heavy (non-hydrogen) atoms. The lowest BCUT2D eigenvalue weighted by Gasteiger charge is -2.60. The summed E-state index contributed by atoms with van der Waals surface area (Å²) in [5, 5.41) is 119. The van der Waals surface area contributed by atoms with Crippen molar-refractivity contribution in [1.82, 2.24) is 0 Å². The third-order valence-corrected chi connectivity index (χ3v) is 5.14. The normalized spacial score (nSPS) is 62.5. The molecule has 0 radical (unpaired) electrons. The number of hydrogen-bond acceptors (Lipinski definition) is 12.